The molecule has 1 saturated carbocycles. The zero-order chi connectivity index (χ0) is 14.9. The largest absolute Gasteiger partial charge is 0.478 e. The van der Waals surface area contributed by atoms with Crippen molar-refractivity contribution in [3.63, 3.8) is 0 Å². The summed E-state index contributed by atoms with van der Waals surface area (Å²) in [5, 5.41) is 17.4. The molecule has 0 heterocycles. The van der Waals surface area contributed by atoms with Crippen LogP contribution < -0.4 is 10.5 Å². The maximum absolute atomic E-state index is 11.3. The van der Waals surface area contributed by atoms with E-state index in [-0.39, 0.29) is 16.5 Å². The predicted molar refractivity (Wildman–Crippen MR) is 75.2 cm³/mol. The molecule has 2 atom stereocenters. The normalized spacial score (nSPS) is 22.7. The smallest absolute Gasteiger partial charge is 0.337 e. The van der Waals surface area contributed by atoms with E-state index in [2.05, 4.69) is 12.2 Å². The third-order valence-electron chi connectivity index (χ3n) is 3.60. The lowest BCUT2D eigenvalue weighted by Gasteiger charge is -2.16. The number of carbonyl (C=O) groups is 1. The van der Waals surface area contributed by atoms with Crippen molar-refractivity contribution in [2.24, 2.45) is 11.1 Å². The standard InChI is InChI=1S/C13H18N2O4S/c1-8-2-3-9(6-8)15-12-5-4-10(20(14,18)19)7-11(12)13(16)17/h4-5,7-9,15H,2-3,6H2,1H3,(H,16,17)(H2,14,18,19). The third-order valence-corrected chi connectivity index (χ3v) is 4.52. The van der Waals surface area contributed by atoms with Crippen LogP contribution in [0, 0.1) is 5.92 Å². The van der Waals surface area contributed by atoms with Crippen molar-refractivity contribution < 1.29 is 18.3 Å². The summed E-state index contributed by atoms with van der Waals surface area (Å²) < 4.78 is 22.5. The van der Waals surface area contributed by atoms with Crippen LogP contribution in [-0.2, 0) is 10.0 Å². The number of hydrogen-bond acceptors (Lipinski definition) is 4. The van der Waals surface area contributed by atoms with Gasteiger partial charge in [0.25, 0.3) is 0 Å². The van der Waals surface area contributed by atoms with Crippen molar-refractivity contribution in [1.82, 2.24) is 0 Å². The fourth-order valence-electron chi connectivity index (χ4n) is 2.56. The zero-order valence-corrected chi connectivity index (χ0v) is 12.0. The van der Waals surface area contributed by atoms with Crippen molar-refractivity contribution in [2.45, 2.75) is 37.1 Å². The molecule has 110 valence electrons. The number of hydrogen-bond donors (Lipinski definition) is 3. The number of benzene rings is 1. The number of nitrogens with two attached hydrogens (primary N) is 1. The SMILES string of the molecule is CC1CCC(Nc2ccc(S(N)(=O)=O)cc2C(=O)O)C1. The molecule has 20 heavy (non-hydrogen) atoms. The Labute approximate surface area is 118 Å². The molecule has 1 aromatic rings. The van der Waals surface area contributed by atoms with E-state index < -0.39 is 16.0 Å². The predicted octanol–water partition coefficient (Wildman–Crippen LogP) is 1.63. The average molecular weight is 298 g/mol. The van der Waals surface area contributed by atoms with Crippen molar-refractivity contribution in [3.05, 3.63) is 23.8 Å². The van der Waals surface area contributed by atoms with Crippen LogP contribution in [0.25, 0.3) is 0 Å². The molecule has 2 rings (SSSR count). The Balaban J connectivity index is 2.31. The Morgan fingerprint density at radius 3 is 2.60 bits per heavy atom. The average Bonchev–Trinajstić information content (AvgIpc) is 2.73. The van der Waals surface area contributed by atoms with E-state index in [1.54, 1.807) is 0 Å². The lowest BCUT2D eigenvalue weighted by atomic mass is 10.1. The van der Waals surface area contributed by atoms with E-state index in [1.165, 1.54) is 12.1 Å². The summed E-state index contributed by atoms with van der Waals surface area (Å²) in [5.41, 5.74) is 0.361. The van der Waals surface area contributed by atoms with Crippen LogP contribution in [0.2, 0.25) is 0 Å². The number of primary sulfonamides is 1. The maximum Gasteiger partial charge on any atom is 0.337 e. The van der Waals surface area contributed by atoms with Crippen LogP contribution in [0.1, 0.15) is 36.5 Å². The third kappa shape index (κ3) is 3.29. The second-order valence-corrected chi connectivity index (χ2v) is 6.88. The van der Waals surface area contributed by atoms with Crippen LogP contribution >= 0.6 is 0 Å². The molecule has 7 heteroatoms. The summed E-state index contributed by atoms with van der Waals surface area (Å²) >= 11 is 0. The van der Waals surface area contributed by atoms with Gasteiger partial charge in [-0.2, -0.15) is 0 Å². The van der Waals surface area contributed by atoms with Crippen LogP contribution in [-0.4, -0.2) is 25.5 Å². The van der Waals surface area contributed by atoms with E-state index >= 15 is 0 Å². The highest BCUT2D eigenvalue weighted by Gasteiger charge is 2.23. The van der Waals surface area contributed by atoms with Crippen LogP contribution in [0.5, 0.6) is 0 Å². The molecule has 6 nitrogen and oxygen atoms in total. The van der Waals surface area contributed by atoms with Gasteiger partial charge in [0.2, 0.25) is 10.0 Å². The fraction of sp³-hybridized carbons (Fsp3) is 0.462. The minimum atomic E-state index is -3.90. The molecule has 0 aliphatic heterocycles. The second-order valence-electron chi connectivity index (χ2n) is 5.32. The lowest BCUT2D eigenvalue weighted by molar-refractivity contribution is 0.0697. The number of carboxylic acid groups (broad SMARTS) is 1. The molecule has 1 aromatic carbocycles. The Hall–Kier alpha value is -1.60. The first-order chi connectivity index (χ1) is 9.27. The van der Waals surface area contributed by atoms with Gasteiger partial charge in [0.1, 0.15) is 0 Å². The highest BCUT2D eigenvalue weighted by Crippen LogP contribution is 2.29. The molecule has 4 N–H and O–H groups in total. The van der Waals surface area contributed by atoms with Gasteiger partial charge in [0.15, 0.2) is 0 Å². The van der Waals surface area contributed by atoms with Crippen LogP contribution in [0.15, 0.2) is 23.1 Å². The Bertz CT molecular complexity index is 627. The molecular weight excluding hydrogens is 280 g/mol. The van der Waals surface area contributed by atoms with Crippen LogP contribution in [0.4, 0.5) is 5.69 Å². The van der Waals surface area contributed by atoms with Crippen molar-refractivity contribution in [2.75, 3.05) is 5.32 Å². The Morgan fingerprint density at radius 1 is 1.40 bits per heavy atom. The topological polar surface area (TPSA) is 109 Å². The zero-order valence-electron chi connectivity index (χ0n) is 11.2. The molecule has 0 bridgehead atoms. The minimum Gasteiger partial charge on any atom is -0.478 e. The van der Waals surface area contributed by atoms with Gasteiger partial charge in [-0.1, -0.05) is 6.92 Å². The second kappa shape index (κ2) is 5.41. The van der Waals surface area contributed by atoms with Gasteiger partial charge in [-0.3, -0.25) is 0 Å². The van der Waals surface area contributed by atoms with Crippen LogP contribution in [0.3, 0.4) is 0 Å². The highest BCUT2D eigenvalue weighted by molar-refractivity contribution is 7.89. The first-order valence-electron chi connectivity index (χ1n) is 6.44. The van der Waals surface area contributed by atoms with Gasteiger partial charge in [-0.25, -0.2) is 18.4 Å². The van der Waals surface area contributed by atoms with E-state index in [1.807, 2.05) is 0 Å². The Morgan fingerprint density at radius 2 is 2.10 bits per heavy atom. The van der Waals surface area contributed by atoms with Crippen molar-refractivity contribution >= 4 is 21.7 Å². The number of nitrogens with one attached hydrogen (secondary N) is 1. The lowest BCUT2D eigenvalue weighted by Crippen LogP contribution is -2.19. The van der Waals surface area contributed by atoms with E-state index in [0.717, 1.165) is 25.3 Å². The van der Waals surface area contributed by atoms with Gasteiger partial charge in [-0.05, 0) is 43.4 Å². The molecule has 1 aliphatic carbocycles. The molecule has 0 radical (unpaired) electrons. The summed E-state index contributed by atoms with van der Waals surface area (Å²) in [6, 6.07) is 4.11. The fourth-order valence-corrected chi connectivity index (χ4v) is 3.10. The number of anilines is 1. The van der Waals surface area contributed by atoms with Gasteiger partial charge >= 0.3 is 5.97 Å². The molecular formula is C13H18N2O4S. The first kappa shape index (κ1) is 14.8. The van der Waals surface area contributed by atoms with E-state index in [0.29, 0.717) is 11.6 Å². The van der Waals surface area contributed by atoms with Gasteiger partial charge in [0, 0.05) is 11.7 Å². The van der Waals surface area contributed by atoms with Gasteiger partial charge in [0.05, 0.1) is 10.5 Å². The molecule has 0 spiro atoms. The monoisotopic (exact) mass is 298 g/mol. The number of carboxylic acids is 1. The summed E-state index contributed by atoms with van der Waals surface area (Å²) in [6.45, 7) is 2.16. The Kier molecular flexibility index (Phi) is 4.01. The number of rotatable bonds is 4. The first-order valence-corrected chi connectivity index (χ1v) is 7.98. The number of sulfonamides is 1. The summed E-state index contributed by atoms with van der Waals surface area (Å²) in [5.74, 6) is -0.562. The minimum absolute atomic E-state index is 0.0731. The summed E-state index contributed by atoms with van der Waals surface area (Å²) in [7, 11) is -3.90. The van der Waals surface area contributed by atoms with E-state index in [4.69, 9.17) is 5.14 Å². The molecule has 1 fully saturated rings. The summed E-state index contributed by atoms with van der Waals surface area (Å²) in [4.78, 5) is 11.1. The van der Waals surface area contributed by atoms with Crippen molar-refractivity contribution in [3.8, 4) is 0 Å². The highest BCUT2D eigenvalue weighted by atomic mass is 32.2. The van der Waals surface area contributed by atoms with Crippen molar-refractivity contribution in [1.29, 1.82) is 0 Å². The quantitative estimate of drug-likeness (QED) is 0.782. The van der Waals surface area contributed by atoms with E-state index in [9.17, 15) is 18.3 Å². The molecule has 0 aromatic heterocycles. The molecule has 2 unspecified atom stereocenters. The molecule has 1 aliphatic rings. The van der Waals surface area contributed by atoms with Gasteiger partial charge < -0.3 is 10.4 Å². The molecule has 0 saturated heterocycles. The van der Waals surface area contributed by atoms with Gasteiger partial charge in [-0.15, -0.1) is 0 Å². The summed E-state index contributed by atoms with van der Waals surface area (Å²) in [6.07, 6.45) is 3.07. The number of aromatic carboxylic acids is 1. The molecule has 0 amide bonds. The maximum atomic E-state index is 11.3.